The number of nitrogens with zero attached hydrogens (tertiary/aromatic N) is 4. The van der Waals surface area contributed by atoms with E-state index < -0.39 is 0 Å². The van der Waals surface area contributed by atoms with Gasteiger partial charge in [0.05, 0.1) is 5.69 Å². The van der Waals surface area contributed by atoms with Crippen molar-refractivity contribution in [2.24, 2.45) is 0 Å². The van der Waals surface area contributed by atoms with Crippen LogP contribution in [0.4, 0.5) is 4.39 Å². The second-order valence-corrected chi connectivity index (χ2v) is 6.56. The van der Waals surface area contributed by atoms with Gasteiger partial charge in [-0.1, -0.05) is 18.6 Å². The van der Waals surface area contributed by atoms with Gasteiger partial charge in [0.25, 0.3) is 11.3 Å². The molecule has 25 heavy (non-hydrogen) atoms. The Morgan fingerprint density at radius 1 is 1.24 bits per heavy atom. The lowest BCUT2D eigenvalue weighted by atomic mass is 9.95. The van der Waals surface area contributed by atoms with E-state index >= 15 is 0 Å². The lowest BCUT2D eigenvalue weighted by Crippen LogP contribution is -2.33. The zero-order valence-electron chi connectivity index (χ0n) is 14.1. The number of benzene rings is 1. The molecule has 0 amide bonds. The second kappa shape index (κ2) is 6.40. The number of halogens is 1. The summed E-state index contributed by atoms with van der Waals surface area (Å²) >= 11 is 0. The zero-order chi connectivity index (χ0) is 17.4. The molecule has 130 valence electrons. The lowest BCUT2D eigenvalue weighted by Gasteiger charge is -2.35. The summed E-state index contributed by atoms with van der Waals surface area (Å²) in [6.45, 7) is 3.31. The van der Waals surface area contributed by atoms with E-state index in [0.717, 1.165) is 31.4 Å². The summed E-state index contributed by atoms with van der Waals surface area (Å²) in [6.07, 6.45) is 3.28. The fourth-order valence-electron chi connectivity index (χ4n) is 3.56. The molecule has 1 saturated heterocycles. The fourth-order valence-corrected chi connectivity index (χ4v) is 3.56. The average Bonchev–Trinajstić information content (AvgIpc) is 2.97. The molecule has 1 fully saturated rings. The Kier molecular flexibility index (Phi) is 4.09. The van der Waals surface area contributed by atoms with E-state index in [1.165, 1.54) is 16.6 Å². The van der Waals surface area contributed by atoms with Crippen LogP contribution in [0, 0.1) is 12.7 Å². The van der Waals surface area contributed by atoms with Crippen LogP contribution in [0.5, 0.6) is 0 Å². The first-order chi connectivity index (χ1) is 12.1. The van der Waals surface area contributed by atoms with E-state index in [9.17, 15) is 9.18 Å². The number of nitrogens with one attached hydrogen (secondary N) is 1. The summed E-state index contributed by atoms with van der Waals surface area (Å²) in [4.78, 5) is 23.3. The number of hydrogen-bond donors (Lipinski definition) is 1. The van der Waals surface area contributed by atoms with Gasteiger partial charge in [0.15, 0.2) is 0 Å². The number of aryl methyl sites for hydroxylation is 1. The highest BCUT2D eigenvalue weighted by Crippen LogP contribution is 2.31. The van der Waals surface area contributed by atoms with Crippen molar-refractivity contribution in [1.82, 2.24) is 24.5 Å². The minimum atomic E-state index is -0.222. The van der Waals surface area contributed by atoms with Crippen molar-refractivity contribution in [3.8, 4) is 0 Å². The van der Waals surface area contributed by atoms with Crippen LogP contribution in [0.15, 0.2) is 35.1 Å². The summed E-state index contributed by atoms with van der Waals surface area (Å²) in [5.74, 6) is 0.833. The molecule has 1 aliphatic rings. The maximum Gasteiger partial charge on any atom is 0.274 e. The Labute approximate surface area is 144 Å². The quantitative estimate of drug-likeness (QED) is 0.795. The number of rotatable bonds is 3. The van der Waals surface area contributed by atoms with E-state index in [-0.39, 0.29) is 17.4 Å². The van der Waals surface area contributed by atoms with Crippen molar-refractivity contribution >= 4 is 5.78 Å². The molecule has 1 aliphatic heterocycles. The van der Waals surface area contributed by atoms with E-state index in [4.69, 9.17) is 0 Å². The Balaban J connectivity index is 1.63. The molecule has 1 atom stereocenters. The van der Waals surface area contributed by atoms with Crippen molar-refractivity contribution in [3.05, 3.63) is 63.6 Å². The Hall–Kier alpha value is -2.54. The molecule has 0 radical (unpaired) electrons. The lowest BCUT2D eigenvalue weighted by molar-refractivity contribution is 0.138. The Morgan fingerprint density at radius 3 is 2.84 bits per heavy atom. The van der Waals surface area contributed by atoms with Gasteiger partial charge in [-0.15, -0.1) is 0 Å². The predicted molar refractivity (Wildman–Crippen MR) is 91.7 cm³/mol. The first kappa shape index (κ1) is 16.0. The third kappa shape index (κ3) is 3.19. The van der Waals surface area contributed by atoms with E-state index in [1.54, 1.807) is 13.0 Å². The smallest absolute Gasteiger partial charge is 0.274 e. The highest BCUT2D eigenvalue weighted by Gasteiger charge is 2.24. The highest BCUT2D eigenvalue weighted by atomic mass is 19.1. The third-order valence-corrected chi connectivity index (χ3v) is 4.73. The van der Waals surface area contributed by atoms with Crippen LogP contribution < -0.4 is 5.56 Å². The number of H-pyrrole nitrogens is 1. The zero-order valence-corrected chi connectivity index (χ0v) is 14.1. The number of piperidine rings is 1. The summed E-state index contributed by atoms with van der Waals surface area (Å²) < 4.78 is 14.6. The fraction of sp³-hybridized carbons (Fsp3) is 0.389. The standard InChI is InChI=1S/C18H20FN5O/c1-12-20-18-21-15(10-17(25)24(18)22-12)11-23-9-3-2-4-16(23)13-5-7-14(19)8-6-13/h5-8,10,16H,2-4,9,11H2,1H3,(H,20,21,22). The van der Waals surface area contributed by atoms with Crippen LogP contribution in [0.1, 0.15) is 42.4 Å². The topological polar surface area (TPSA) is 66.3 Å². The minimum absolute atomic E-state index is 0.157. The summed E-state index contributed by atoms with van der Waals surface area (Å²) in [6, 6.07) is 8.48. The van der Waals surface area contributed by atoms with E-state index in [2.05, 4.69) is 20.0 Å². The molecule has 1 aromatic carbocycles. The van der Waals surface area contributed by atoms with Gasteiger partial charge < -0.3 is 0 Å². The molecule has 7 heteroatoms. The molecule has 1 N–H and O–H groups in total. The van der Waals surface area contributed by atoms with Crippen LogP contribution in [0.25, 0.3) is 5.78 Å². The van der Waals surface area contributed by atoms with Crippen LogP contribution >= 0.6 is 0 Å². The largest absolute Gasteiger partial charge is 0.291 e. The number of hydrogen-bond acceptors (Lipinski definition) is 4. The Morgan fingerprint density at radius 2 is 2.04 bits per heavy atom. The number of aromatic nitrogens is 4. The van der Waals surface area contributed by atoms with Gasteiger partial charge >= 0.3 is 0 Å². The minimum Gasteiger partial charge on any atom is -0.291 e. The van der Waals surface area contributed by atoms with Crippen LogP contribution in [-0.2, 0) is 6.54 Å². The molecule has 4 rings (SSSR count). The van der Waals surface area contributed by atoms with Crippen LogP contribution in [-0.4, -0.2) is 31.0 Å². The summed E-state index contributed by atoms with van der Waals surface area (Å²) in [7, 11) is 0. The van der Waals surface area contributed by atoms with Gasteiger partial charge in [0, 0.05) is 18.7 Å². The average molecular weight is 341 g/mol. The van der Waals surface area contributed by atoms with Gasteiger partial charge in [-0.2, -0.15) is 9.50 Å². The maximum absolute atomic E-state index is 13.2. The van der Waals surface area contributed by atoms with Crippen LogP contribution in [0.2, 0.25) is 0 Å². The molecule has 6 nitrogen and oxygen atoms in total. The number of fused-ring (bicyclic) bond motifs is 1. The second-order valence-electron chi connectivity index (χ2n) is 6.56. The molecule has 3 heterocycles. The molecule has 3 aromatic rings. The molecular weight excluding hydrogens is 321 g/mol. The van der Waals surface area contributed by atoms with Crippen molar-refractivity contribution in [3.63, 3.8) is 0 Å². The van der Waals surface area contributed by atoms with Gasteiger partial charge in [-0.05, 0) is 44.0 Å². The molecule has 0 aliphatic carbocycles. The van der Waals surface area contributed by atoms with E-state index in [0.29, 0.717) is 23.8 Å². The molecule has 1 unspecified atom stereocenters. The van der Waals surface area contributed by atoms with E-state index in [1.807, 2.05) is 12.1 Å². The number of likely N-dealkylation sites (tertiary alicyclic amines) is 1. The normalized spacial score (nSPS) is 18.7. The van der Waals surface area contributed by atoms with Crippen molar-refractivity contribution < 1.29 is 4.39 Å². The van der Waals surface area contributed by atoms with Gasteiger partial charge in [-0.3, -0.25) is 14.8 Å². The summed E-state index contributed by atoms with van der Waals surface area (Å²) in [5.41, 5.74) is 1.66. The van der Waals surface area contributed by atoms with Crippen LogP contribution in [0.3, 0.4) is 0 Å². The van der Waals surface area contributed by atoms with Gasteiger partial charge in [0.2, 0.25) is 0 Å². The third-order valence-electron chi connectivity index (χ3n) is 4.73. The molecule has 0 bridgehead atoms. The SMILES string of the molecule is Cc1nc2nc(CN3CCCCC3c3ccc(F)cc3)cc(=O)n2[nH]1. The first-order valence-corrected chi connectivity index (χ1v) is 8.55. The van der Waals surface area contributed by atoms with Crippen molar-refractivity contribution in [1.29, 1.82) is 0 Å². The number of aromatic amines is 1. The monoisotopic (exact) mass is 341 g/mol. The van der Waals surface area contributed by atoms with Gasteiger partial charge in [0.1, 0.15) is 11.6 Å². The van der Waals surface area contributed by atoms with Crippen molar-refractivity contribution in [2.75, 3.05) is 6.54 Å². The summed E-state index contributed by atoms with van der Waals surface area (Å²) in [5, 5.41) is 2.88. The Bertz CT molecular complexity index is 946. The predicted octanol–water partition coefficient (Wildman–Crippen LogP) is 2.59. The maximum atomic E-state index is 13.2. The van der Waals surface area contributed by atoms with Gasteiger partial charge in [-0.25, -0.2) is 9.37 Å². The molecule has 2 aromatic heterocycles. The molecule has 0 saturated carbocycles. The van der Waals surface area contributed by atoms with Crippen molar-refractivity contribution in [2.45, 2.75) is 38.8 Å². The first-order valence-electron chi connectivity index (χ1n) is 8.55. The highest BCUT2D eigenvalue weighted by molar-refractivity contribution is 5.28. The molecule has 0 spiro atoms. The molecular formula is C18H20FN5O.